The monoisotopic (exact) mass is 761 g/mol. The second-order valence-corrected chi connectivity index (χ2v) is 14.8. The molecular formula is C35H33ClF2N2O9PS+. The van der Waals surface area contributed by atoms with Gasteiger partial charge in [0.05, 0.1) is 34.7 Å². The predicted octanol–water partition coefficient (Wildman–Crippen LogP) is 7.88. The van der Waals surface area contributed by atoms with Crippen LogP contribution >= 0.6 is 19.9 Å². The van der Waals surface area contributed by atoms with E-state index in [-0.39, 0.29) is 29.3 Å². The van der Waals surface area contributed by atoms with Crippen LogP contribution in [0.1, 0.15) is 43.0 Å². The van der Waals surface area contributed by atoms with Gasteiger partial charge >= 0.3 is 20.3 Å². The van der Waals surface area contributed by atoms with Crippen LogP contribution in [0, 0.1) is 16.7 Å². The number of para-hydroxylation sites is 1. The highest BCUT2D eigenvalue weighted by Gasteiger charge is 2.45. The highest BCUT2D eigenvalue weighted by Crippen LogP contribution is 2.38. The van der Waals surface area contributed by atoms with Crippen LogP contribution in [0.4, 0.5) is 8.78 Å². The number of carbonyl (C=O) groups is 1. The highest BCUT2D eigenvalue weighted by molar-refractivity contribution is 7.89. The van der Waals surface area contributed by atoms with Crippen LogP contribution in [0.5, 0.6) is 5.75 Å². The van der Waals surface area contributed by atoms with Crippen molar-refractivity contribution < 1.29 is 50.5 Å². The number of halogens is 3. The fraction of sp³-hybridized carbons (Fsp3) is 0.257. The van der Waals surface area contributed by atoms with Gasteiger partial charge in [-0.25, -0.2) is 13.2 Å². The zero-order valence-electron chi connectivity index (χ0n) is 27.7. The summed E-state index contributed by atoms with van der Waals surface area (Å²) in [6, 6.07) is 25.5. The van der Waals surface area contributed by atoms with Gasteiger partial charge in [0.2, 0.25) is 10.0 Å². The van der Waals surface area contributed by atoms with Crippen molar-refractivity contribution >= 4 is 35.8 Å². The summed E-state index contributed by atoms with van der Waals surface area (Å²) in [5.41, 5.74) is 0.407. The topological polar surface area (TPSA) is 152 Å². The first-order chi connectivity index (χ1) is 24.0. The molecule has 0 heterocycles. The fourth-order valence-electron chi connectivity index (χ4n) is 4.74. The number of nitriles is 1. The van der Waals surface area contributed by atoms with E-state index in [1.165, 1.54) is 46.1 Å². The Kier molecular flexibility index (Phi) is 12.7. The van der Waals surface area contributed by atoms with Crippen molar-refractivity contribution in [2.45, 2.75) is 51.0 Å². The molecule has 0 aliphatic heterocycles. The normalized spacial score (nSPS) is 13.0. The summed E-state index contributed by atoms with van der Waals surface area (Å²) in [4.78, 5) is 29.9. The Bertz CT molecular complexity index is 2060. The molecule has 0 saturated carbocycles. The molecule has 4 rings (SSSR count). The van der Waals surface area contributed by atoms with Gasteiger partial charge < -0.3 is 4.74 Å². The van der Waals surface area contributed by atoms with Gasteiger partial charge in [-0.05, 0) is 79.4 Å². The first-order valence-electron chi connectivity index (χ1n) is 15.1. The van der Waals surface area contributed by atoms with Crippen molar-refractivity contribution in [3.05, 3.63) is 118 Å². The van der Waals surface area contributed by atoms with Crippen LogP contribution < -0.4 is 4.74 Å². The molecular weight excluding hydrogens is 729 g/mol. The number of ether oxygens (including phenoxy) is 1. The average molecular weight is 762 g/mol. The maximum atomic E-state index is 15.1. The Morgan fingerprint density at radius 1 is 0.980 bits per heavy atom. The standard InChI is InChI=1S/C35H32ClF2N2O9PS/c1-23(48-50(42)43)34(2,3)33(41)47-49-35(37,38)29-17-14-26(19-30(29)36)22-40(51(44,45)32-11-6-5-10-31(32)46-4)21-24-12-15-27(16-13-24)28-9-7-8-25(18-28)20-39/h5-19,23H,21-22H2,1-4H3/p+1. The second kappa shape index (κ2) is 16.4. The Hall–Kier alpha value is -4.32. The zero-order chi connectivity index (χ0) is 37.6. The number of methoxy groups -OCH3 is 1. The molecule has 0 aromatic heterocycles. The molecule has 2 atom stereocenters. The van der Waals surface area contributed by atoms with Gasteiger partial charge in [-0.1, -0.05) is 66.2 Å². The Balaban J connectivity index is 1.60. The number of carbonyl (C=O) groups excluding carboxylic acids is 1. The molecule has 268 valence electrons. The number of alkyl halides is 2. The van der Waals surface area contributed by atoms with E-state index in [2.05, 4.69) is 20.4 Å². The van der Waals surface area contributed by atoms with E-state index in [0.717, 1.165) is 27.6 Å². The summed E-state index contributed by atoms with van der Waals surface area (Å²) in [5, 5.41) is 8.74. The molecule has 1 N–H and O–H groups in total. The van der Waals surface area contributed by atoms with E-state index in [4.69, 9.17) is 21.2 Å². The minimum Gasteiger partial charge on any atom is -0.495 e. The van der Waals surface area contributed by atoms with E-state index < -0.39 is 52.5 Å². The summed E-state index contributed by atoms with van der Waals surface area (Å²) in [6.07, 6.45) is -5.45. The van der Waals surface area contributed by atoms with E-state index >= 15 is 8.78 Å². The van der Waals surface area contributed by atoms with Crippen LogP contribution in [0.2, 0.25) is 5.02 Å². The average Bonchev–Trinajstić information content (AvgIpc) is 3.10. The first-order valence-corrected chi connectivity index (χ1v) is 18.1. The SMILES string of the molecule is COc1ccccc1S(=O)(=O)N(Cc1ccc(-c2cccc(C#N)c2)cc1)Cc1ccc(C(F)(F)OOC(=O)C(C)(C)C(C)O[P+](=O)O)c(Cl)c1. The van der Waals surface area contributed by atoms with Crippen LogP contribution in [0.15, 0.2) is 95.9 Å². The second-order valence-electron chi connectivity index (χ2n) is 11.8. The molecule has 0 fully saturated rings. The molecule has 51 heavy (non-hydrogen) atoms. The molecule has 11 nitrogen and oxygen atoms in total. The number of sulfonamides is 1. The van der Waals surface area contributed by atoms with Gasteiger partial charge in [0.15, 0.2) is 0 Å². The molecule has 0 radical (unpaired) electrons. The van der Waals surface area contributed by atoms with Crippen LogP contribution in [0.25, 0.3) is 11.1 Å². The van der Waals surface area contributed by atoms with Gasteiger partial charge in [0, 0.05) is 17.7 Å². The summed E-state index contributed by atoms with van der Waals surface area (Å²) in [6.45, 7) is 3.34. The molecule has 0 aliphatic carbocycles. The Morgan fingerprint density at radius 2 is 1.63 bits per heavy atom. The van der Waals surface area contributed by atoms with Gasteiger partial charge in [-0.3, -0.25) is 4.89 Å². The summed E-state index contributed by atoms with van der Waals surface area (Å²) in [5.74, 6) is -1.20. The lowest BCUT2D eigenvalue weighted by molar-refractivity contribution is -0.426. The number of rotatable bonds is 15. The minimum absolute atomic E-state index is 0.101. The fourth-order valence-corrected chi connectivity index (χ4v) is 7.16. The van der Waals surface area contributed by atoms with Crippen LogP contribution in [0.3, 0.4) is 0 Å². The number of hydrogen-bond acceptors (Lipinski definition) is 9. The summed E-state index contributed by atoms with van der Waals surface area (Å²) < 4.78 is 80.5. The van der Waals surface area contributed by atoms with Crippen LogP contribution in [-0.4, -0.2) is 36.8 Å². The molecule has 0 bridgehead atoms. The van der Waals surface area contributed by atoms with E-state index in [1.807, 2.05) is 6.07 Å². The first kappa shape index (κ1) is 39.5. The zero-order valence-corrected chi connectivity index (χ0v) is 30.2. The highest BCUT2D eigenvalue weighted by atomic mass is 35.5. The van der Waals surface area contributed by atoms with Crippen LogP contribution in [-0.2, 0) is 52.9 Å². The molecule has 0 amide bonds. The minimum atomic E-state index is -4.26. The Labute approximate surface area is 299 Å². The molecule has 4 aromatic rings. The Morgan fingerprint density at radius 3 is 2.25 bits per heavy atom. The van der Waals surface area contributed by atoms with Gasteiger partial charge in [0.25, 0.3) is 0 Å². The van der Waals surface area contributed by atoms with Gasteiger partial charge in [-0.2, -0.15) is 18.3 Å². The van der Waals surface area contributed by atoms with Gasteiger partial charge in [0.1, 0.15) is 16.7 Å². The van der Waals surface area contributed by atoms with Crippen molar-refractivity contribution in [2.24, 2.45) is 5.41 Å². The third-order valence-corrected chi connectivity index (χ3v) is 10.7. The van der Waals surface area contributed by atoms with Crippen molar-refractivity contribution in [3.63, 3.8) is 0 Å². The lowest BCUT2D eigenvalue weighted by Gasteiger charge is -2.26. The molecule has 0 aliphatic rings. The van der Waals surface area contributed by atoms with E-state index in [0.29, 0.717) is 11.1 Å². The van der Waals surface area contributed by atoms with Crippen molar-refractivity contribution in [1.82, 2.24) is 4.31 Å². The third kappa shape index (κ3) is 9.52. The maximum absolute atomic E-state index is 15.1. The number of benzene rings is 4. The number of hydrogen-bond donors (Lipinski definition) is 1. The molecule has 2 unspecified atom stereocenters. The largest absolute Gasteiger partial charge is 0.695 e. The van der Waals surface area contributed by atoms with Gasteiger partial charge in [-0.15, -0.1) is 14.3 Å². The summed E-state index contributed by atoms with van der Waals surface area (Å²) >= 11 is 6.26. The molecule has 0 saturated heterocycles. The van der Waals surface area contributed by atoms with Crippen molar-refractivity contribution in [3.8, 4) is 22.9 Å². The quantitative estimate of drug-likeness (QED) is 0.0719. The molecule has 4 aromatic carbocycles. The lowest BCUT2D eigenvalue weighted by atomic mass is 9.88. The summed E-state index contributed by atoms with van der Waals surface area (Å²) in [7, 11) is -6.00. The maximum Gasteiger partial charge on any atom is 0.695 e. The van der Waals surface area contributed by atoms with Crippen molar-refractivity contribution in [2.75, 3.05) is 7.11 Å². The third-order valence-electron chi connectivity index (χ3n) is 8.04. The molecule has 16 heteroatoms. The smallest absolute Gasteiger partial charge is 0.495 e. The molecule has 0 spiro atoms. The van der Waals surface area contributed by atoms with Crippen molar-refractivity contribution in [1.29, 1.82) is 5.26 Å². The van der Waals surface area contributed by atoms with E-state index in [9.17, 15) is 23.0 Å². The van der Waals surface area contributed by atoms with E-state index in [1.54, 1.807) is 54.6 Å². The lowest BCUT2D eigenvalue weighted by Crippen LogP contribution is -2.38. The number of nitrogens with zero attached hydrogens (tertiary/aromatic N) is 2. The predicted molar refractivity (Wildman–Crippen MR) is 183 cm³/mol.